The Morgan fingerprint density at radius 2 is 2.28 bits per heavy atom. The van der Waals surface area contributed by atoms with Gasteiger partial charge in [0.25, 0.3) is 0 Å². The Hall–Kier alpha value is -1.39. The Labute approximate surface area is 108 Å². The number of fused-ring (bicyclic) bond motifs is 1. The Bertz CT molecular complexity index is 443. The van der Waals surface area contributed by atoms with Crippen LogP contribution in [0, 0.1) is 0 Å². The SMILES string of the molecule is CC(N)CN(C)CCc1ccc2c(c1)CC(=O)N2. The first kappa shape index (κ1) is 13.1. The lowest BCUT2D eigenvalue weighted by Gasteiger charge is -2.18. The molecule has 4 nitrogen and oxygen atoms in total. The summed E-state index contributed by atoms with van der Waals surface area (Å²) in [4.78, 5) is 13.5. The van der Waals surface area contributed by atoms with E-state index in [1.165, 1.54) is 5.56 Å². The maximum absolute atomic E-state index is 11.3. The average Bonchev–Trinajstić information content (AvgIpc) is 2.64. The van der Waals surface area contributed by atoms with Crippen LogP contribution in [0.1, 0.15) is 18.1 Å². The molecule has 98 valence electrons. The predicted octanol–water partition coefficient (Wildman–Crippen LogP) is 1.00. The lowest BCUT2D eigenvalue weighted by molar-refractivity contribution is -0.115. The van der Waals surface area contributed by atoms with Crippen molar-refractivity contribution in [3.63, 3.8) is 0 Å². The number of nitrogens with zero attached hydrogens (tertiary/aromatic N) is 1. The number of likely N-dealkylation sites (N-methyl/N-ethyl adjacent to an activating group) is 1. The summed E-state index contributed by atoms with van der Waals surface area (Å²) in [7, 11) is 2.09. The lowest BCUT2D eigenvalue weighted by atomic mass is 10.1. The van der Waals surface area contributed by atoms with E-state index < -0.39 is 0 Å². The lowest BCUT2D eigenvalue weighted by Crippen LogP contribution is -2.34. The molecule has 1 heterocycles. The second kappa shape index (κ2) is 5.50. The average molecular weight is 247 g/mol. The van der Waals surface area contributed by atoms with Crippen molar-refractivity contribution in [1.82, 2.24) is 4.90 Å². The predicted molar refractivity (Wildman–Crippen MR) is 73.6 cm³/mol. The quantitative estimate of drug-likeness (QED) is 0.816. The Morgan fingerprint density at radius 3 is 3.00 bits per heavy atom. The number of amides is 1. The van der Waals surface area contributed by atoms with Crippen molar-refractivity contribution in [2.24, 2.45) is 5.73 Å². The summed E-state index contributed by atoms with van der Waals surface area (Å²) in [5.74, 6) is 0.0937. The van der Waals surface area contributed by atoms with Crippen LogP contribution in [0.5, 0.6) is 0 Å². The number of nitrogens with one attached hydrogen (secondary N) is 1. The summed E-state index contributed by atoms with van der Waals surface area (Å²) in [5.41, 5.74) is 9.13. The third kappa shape index (κ3) is 3.31. The summed E-state index contributed by atoms with van der Waals surface area (Å²) >= 11 is 0. The maximum Gasteiger partial charge on any atom is 0.228 e. The standard InChI is InChI=1S/C14H21N3O/c1-10(15)9-17(2)6-5-11-3-4-13-12(7-11)8-14(18)16-13/h3-4,7,10H,5-6,8-9,15H2,1-2H3,(H,16,18). The topological polar surface area (TPSA) is 58.4 Å². The van der Waals surface area contributed by atoms with Crippen LogP contribution < -0.4 is 11.1 Å². The van der Waals surface area contributed by atoms with Crippen LogP contribution in [0.25, 0.3) is 0 Å². The smallest absolute Gasteiger partial charge is 0.228 e. The van der Waals surface area contributed by atoms with Crippen LogP contribution in [-0.4, -0.2) is 37.0 Å². The summed E-state index contributed by atoms with van der Waals surface area (Å²) in [5, 5.41) is 2.85. The van der Waals surface area contributed by atoms with Crippen molar-refractivity contribution in [3.8, 4) is 0 Å². The molecule has 1 aromatic rings. The summed E-state index contributed by atoms with van der Waals surface area (Å²) in [6, 6.07) is 6.43. The minimum absolute atomic E-state index is 0.0937. The van der Waals surface area contributed by atoms with E-state index >= 15 is 0 Å². The Balaban J connectivity index is 1.91. The number of benzene rings is 1. The minimum Gasteiger partial charge on any atom is -0.327 e. The molecule has 0 aromatic heterocycles. The van der Waals surface area contributed by atoms with Gasteiger partial charge in [-0.05, 0) is 37.6 Å². The third-order valence-electron chi connectivity index (χ3n) is 3.18. The second-order valence-electron chi connectivity index (χ2n) is 5.21. The van der Waals surface area contributed by atoms with Gasteiger partial charge in [-0.1, -0.05) is 12.1 Å². The zero-order chi connectivity index (χ0) is 13.1. The fourth-order valence-corrected chi connectivity index (χ4v) is 2.34. The minimum atomic E-state index is 0.0937. The van der Waals surface area contributed by atoms with Crippen molar-refractivity contribution in [2.45, 2.75) is 25.8 Å². The zero-order valence-corrected chi connectivity index (χ0v) is 11.1. The van der Waals surface area contributed by atoms with E-state index in [2.05, 4.69) is 29.4 Å². The van der Waals surface area contributed by atoms with Crippen LogP contribution in [0.3, 0.4) is 0 Å². The third-order valence-corrected chi connectivity index (χ3v) is 3.18. The molecule has 2 rings (SSSR count). The monoisotopic (exact) mass is 247 g/mol. The molecule has 0 aliphatic carbocycles. The highest BCUT2D eigenvalue weighted by molar-refractivity contribution is 5.99. The summed E-state index contributed by atoms with van der Waals surface area (Å²) in [6.07, 6.45) is 1.50. The maximum atomic E-state index is 11.3. The van der Waals surface area contributed by atoms with Crippen molar-refractivity contribution in [3.05, 3.63) is 29.3 Å². The van der Waals surface area contributed by atoms with Crippen molar-refractivity contribution in [1.29, 1.82) is 0 Å². The number of carbonyl (C=O) groups is 1. The van der Waals surface area contributed by atoms with Crippen LogP contribution in [0.15, 0.2) is 18.2 Å². The molecule has 0 spiro atoms. The number of carbonyl (C=O) groups excluding carboxylic acids is 1. The molecule has 0 fully saturated rings. The molecule has 0 saturated heterocycles. The zero-order valence-electron chi connectivity index (χ0n) is 11.1. The molecule has 0 saturated carbocycles. The Morgan fingerprint density at radius 1 is 1.50 bits per heavy atom. The molecule has 1 atom stereocenters. The summed E-state index contributed by atoms with van der Waals surface area (Å²) in [6.45, 7) is 3.91. The molecule has 18 heavy (non-hydrogen) atoms. The number of hydrogen-bond donors (Lipinski definition) is 2. The molecule has 4 heteroatoms. The van der Waals surface area contributed by atoms with Crippen molar-refractivity contribution < 1.29 is 4.79 Å². The van der Waals surface area contributed by atoms with Crippen LogP contribution in [0.4, 0.5) is 5.69 Å². The molecule has 0 bridgehead atoms. The van der Waals surface area contributed by atoms with E-state index in [-0.39, 0.29) is 11.9 Å². The summed E-state index contributed by atoms with van der Waals surface area (Å²) < 4.78 is 0. The van der Waals surface area contributed by atoms with E-state index in [4.69, 9.17) is 5.73 Å². The van der Waals surface area contributed by atoms with Gasteiger partial charge in [0.15, 0.2) is 0 Å². The van der Waals surface area contributed by atoms with Gasteiger partial charge in [-0.25, -0.2) is 0 Å². The second-order valence-corrected chi connectivity index (χ2v) is 5.21. The van der Waals surface area contributed by atoms with E-state index in [9.17, 15) is 4.79 Å². The number of nitrogens with two attached hydrogens (primary N) is 1. The molecule has 1 unspecified atom stereocenters. The molecular weight excluding hydrogens is 226 g/mol. The fourth-order valence-electron chi connectivity index (χ4n) is 2.34. The molecule has 1 aromatic carbocycles. The first-order chi connectivity index (χ1) is 8.54. The number of hydrogen-bond acceptors (Lipinski definition) is 3. The van der Waals surface area contributed by atoms with Gasteiger partial charge >= 0.3 is 0 Å². The fraction of sp³-hybridized carbons (Fsp3) is 0.500. The number of rotatable bonds is 5. The van der Waals surface area contributed by atoms with Gasteiger partial charge in [-0.3, -0.25) is 4.79 Å². The van der Waals surface area contributed by atoms with Crippen molar-refractivity contribution in [2.75, 3.05) is 25.5 Å². The molecule has 3 N–H and O–H groups in total. The molecule has 0 radical (unpaired) electrons. The first-order valence-corrected chi connectivity index (χ1v) is 6.40. The largest absolute Gasteiger partial charge is 0.327 e. The van der Waals surface area contributed by atoms with Crippen LogP contribution >= 0.6 is 0 Å². The van der Waals surface area contributed by atoms with E-state index in [1.54, 1.807) is 0 Å². The highest BCUT2D eigenvalue weighted by Gasteiger charge is 2.17. The number of anilines is 1. The highest BCUT2D eigenvalue weighted by atomic mass is 16.1. The first-order valence-electron chi connectivity index (χ1n) is 6.40. The van der Waals surface area contributed by atoms with E-state index in [0.29, 0.717) is 6.42 Å². The van der Waals surface area contributed by atoms with Gasteiger partial charge < -0.3 is 16.0 Å². The molecular formula is C14H21N3O. The molecule has 1 amide bonds. The van der Waals surface area contributed by atoms with E-state index in [1.807, 2.05) is 13.0 Å². The molecule has 1 aliphatic heterocycles. The van der Waals surface area contributed by atoms with Gasteiger partial charge in [0, 0.05) is 24.8 Å². The van der Waals surface area contributed by atoms with Gasteiger partial charge in [-0.2, -0.15) is 0 Å². The van der Waals surface area contributed by atoms with Crippen LogP contribution in [-0.2, 0) is 17.6 Å². The van der Waals surface area contributed by atoms with Gasteiger partial charge in [0.1, 0.15) is 0 Å². The van der Waals surface area contributed by atoms with E-state index in [0.717, 1.165) is 30.8 Å². The van der Waals surface area contributed by atoms with Gasteiger partial charge in [-0.15, -0.1) is 0 Å². The molecule has 1 aliphatic rings. The highest BCUT2D eigenvalue weighted by Crippen LogP contribution is 2.23. The van der Waals surface area contributed by atoms with Gasteiger partial charge in [0.2, 0.25) is 5.91 Å². The van der Waals surface area contributed by atoms with Crippen LogP contribution in [0.2, 0.25) is 0 Å². The Kier molecular flexibility index (Phi) is 3.99. The van der Waals surface area contributed by atoms with Gasteiger partial charge in [0.05, 0.1) is 6.42 Å². The van der Waals surface area contributed by atoms with Crippen molar-refractivity contribution >= 4 is 11.6 Å². The normalized spacial score (nSPS) is 15.7.